The molecule has 150 valence electrons. The smallest absolute Gasteiger partial charge is 0.341 e. The molecule has 0 unspecified atom stereocenters. The molecular weight excluding hydrogens is 389 g/mol. The minimum Gasteiger partial charge on any atom is -0.476 e. The number of carbonyl (C=O) groups is 1. The fourth-order valence-electron chi connectivity index (χ4n) is 2.37. The number of nitrogens with two attached hydrogens (primary N) is 1. The van der Waals surface area contributed by atoms with Gasteiger partial charge in [0.25, 0.3) is 0 Å². The molecule has 0 spiro atoms. The lowest BCUT2D eigenvalue weighted by Crippen LogP contribution is -2.09. The number of hydrogen-bond acceptors (Lipinski definition) is 7. The minimum absolute atomic E-state index is 0.137. The van der Waals surface area contributed by atoms with E-state index < -0.39 is 54.1 Å². The van der Waals surface area contributed by atoms with Crippen LogP contribution in [0.4, 0.5) is 18.9 Å². The van der Waals surface area contributed by atoms with E-state index in [1.165, 1.54) is 0 Å². The Morgan fingerprint density at radius 1 is 1.24 bits per heavy atom. The van der Waals surface area contributed by atoms with Gasteiger partial charge >= 0.3 is 5.97 Å². The van der Waals surface area contributed by atoms with E-state index in [9.17, 15) is 13.6 Å². The van der Waals surface area contributed by atoms with E-state index in [-0.39, 0.29) is 22.6 Å². The molecular formula is C19H15F3N4O3. The first kappa shape index (κ1) is 14.3. The normalized spacial score (nSPS) is 14.1. The third-order valence-corrected chi connectivity index (χ3v) is 3.73. The number of esters is 1. The van der Waals surface area contributed by atoms with Crippen LogP contribution in [0.5, 0.6) is 5.88 Å². The van der Waals surface area contributed by atoms with Crippen LogP contribution < -0.4 is 10.5 Å². The van der Waals surface area contributed by atoms with Gasteiger partial charge in [-0.05, 0) is 31.1 Å². The third kappa shape index (κ3) is 3.96. The molecule has 0 atom stereocenters. The Kier molecular flexibility index (Phi) is 4.02. The van der Waals surface area contributed by atoms with Gasteiger partial charge in [-0.15, -0.1) is 0 Å². The van der Waals surface area contributed by atoms with Crippen LogP contribution in [-0.4, -0.2) is 34.6 Å². The van der Waals surface area contributed by atoms with Crippen molar-refractivity contribution in [2.75, 3.05) is 19.4 Å². The van der Waals surface area contributed by atoms with Crippen molar-refractivity contribution in [1.29, 1.82) is 0 Å². The highest BCUT2D eigenvalue weighted by Crippen LogP contribution is 2.29. The molecule has 0 fully saturated rings. The van der Waals surface area contributed by atoms with E-state index in [0.29, 0.717) is 0 Å². The van der Waals surface area contributed by atoms with Crippen LogP contribution in [0.3, 0.4) is 0 Å². The molecule has 10 heteroatoms. The van der Waals surface area contributed by atoms with Crippen LogP contribution in [0.15, 0.2) is 30.5 Å². The summed E-state index contributed by atoms with van der Waals surface area (Å²) in [7, 11) is 0.995. The van der Waals surface area contributed by atoms with Gasteiger partial charge in [0.2, 0.25) is 11.8 Å². The number of pyridine rings is 3. The molecule has 3 aromatic heterocycles. The number of rotatable bonds is 5. The fourth-order valence-corrected chi connectivity index (χ4v) is 2.37. The van der Waals surface area contributed by atoms with E-state index in [2.05, 4.69) is 24.4 Å². The number of carbonyl (C=O) groups excluding carboxylic acids is 1. The van der Waals surface area contributed by atoms with Crippen molar-refractivity contribution in [2.24, 2.45) is 0 Å². The fraction of sp³-hybridized carbons (Fsp3) is 0.158. The monoisotopic (exact) mass is 409 g/mol. The average Bonchev–Trinajstić information content (AvgIpc) is 2.76. The lowest BCUT2D eigenvalue weighted by molar-refractivity contribution is 0.0595. The number of nitrogens with zero attached hydrogens (tertiary/aromatic N) is 3. The molecule has 0 saturated heterocycles. The van der Waals surface area contributed by atoms with E-state index in [4.69, 9.17) is 12.6 Å². The highest BCUT2D eigenvalue weighted by molar-refractivity contribution is 5.92. The summed E-state index contributed by atoms with van der Waals surface area (Å²) >= 11 is 0. The number of hydrogen-bond donors (Lipinski definition) is 1. The van der Waals surface area contributed by atoms with E-state index >= 15 is 4.39 Å². The number of aromatic nitrogens is 3. The number of anilines is 1. The maximum absolute atomic E-state index is 15.0. The van der Waals surface area contributed by atoms with Gasteiger partial charge in [0.1, 0.15) is 5.69 Å². The molecule has 0 radical (unpaired) electrons. The van der Waals surface area contributed by atoms with Gasteiger partial charge in [0, 0.05) is 15.9 Å². The summed E-state index contributed by atoms with van der Waals surface area (Å²) in [4.78, 5) is 23.1. The van der Waals surface area contributed by atoms with Crippen LogP contribution in [0, 0.1) is 17.6 Å². The molecule has 3 heterocycles. The largest absolute Gasteiger partial charge is 0.476 e. The van der Waals surface area contributed by atoms with E-state index in [1.807, 2.05) is 0 Å². The van der Waals surface area contributed by atoms with Crippen LogP contribution in [-0.2, 0) is 4.74 Å². The molecule has 2 N–H and O–H groups in total. The van der Waals surface area contributed by atoms with Gasteiger partial charge in [0.05, 0.1) is 39.0 Å². The summed E-state index contributed by atoms with van der Waals surface area (Å²) in [5.74, 6) is -5.64. The predicted octanol–water partition coefficient (Wildman–Crippen LogP) is 3.39. The molecule has 0 aliphatic carbocycles. The second-order valence-electron chi connectivity index (χ2n) is 5.50. The second-order valence-corrected chi connectivity index (χ2v) is 5.50. The SMILES string of the molecule is [2H]C([2H])([2H])C([2H])([2H])Oc1ncc(-c2cc(C(=O)OC)c(F)c(-c3ccc(N)c(F)n3)n2)cc1F. The van der Waals surface area contributed by atoms with Crippen molar-refractivity contribution in [3.05, 3.63) is 53.6 Å². The lowest BCUT2D eigenvalue weighted by atomic mass is 10.1. The topological polar surface area (TPSA) is 100 Å². The first-order valence-corrected chi connectivity index (χ1v) is 7.81. The molecule has 0 aromatic carbocycles. The van der Waals surface area contributed by atoms with Gasteiger partial charge in [0.15, 0.2) is 11.6 Å². The Balaban J connectivity index is 2.13. The van der Waals surface area contributed by atoms with Crippen molar-refractivity contribution in [3.8, 4) is 28.5 Å². The zero-order valence-electron chi connectivity index (χ0n) is 19.7. The highest BCUT2D eigenvalue weighted by Gasteiger charge is 2.22. The minimum atomic E-state index is -3.24. The Hall–Kier alpha value is -3.69. The van der Waals surface area contributed by atoms with Crippen LogP contribution >= 0.6 is 0 Å². The average molecular weight is 409 g/mol. The number of methoxy groups -OCH3 is 1. The standard InChI is InChI=1S/C19H15F3N4O3/c1-3-29-18-11(20)6-9(8-24-18)14-7-10(19(27)28-2)15(21)16(25-14)13-5-4-12(23)17(22)26-13/h4-8H,3,23H2,1-2H3/i1D3,3D2. The summed E-state index contributed by atoms with van der Waals surface area (Å²) in [6, 6.07) is 3.94. The van der Waals surface area contributed by atoms with Crippen molar-refractivity contribution < 1.29 is 34.3 Å². The first-order chi connectivity index (χ1) is 15.7. The Labute approximate surface area is 170 Å². The zero-order valence-corrected chi connectivity index (χ0v) is 14.7. The predicted molar refractivity (Wildman–Crippen MR) is 97.5 cm³/mol. The quantitative estimate of drug-likeness (QED) is 0.509. The Bertz CT molecular complexity index is 1270. The lowest BCUT2D eigenvalue weighted by Gasteiger charge is -2.11. The van der Waals surface area contributed by atoms with Crippen molar-refractivity contribution in [2.45, 2.75) is 6.85 Å². The number of halogens is 3. The first-order valence-electron chi connectivity index (χ1n) is 10.3. The maximum atomic E-state index is 15.0. The summed E-state index contributed by atoms with van der Waals surface area (Å²) in [6.45, 7) is -6.48. The summed E-state index contributed by atoms with van der Waals surface area (Å²) in [5, 5.41) is 0. The van der Waals surface area contributed by atoms with Crippen LogP contribution in [0.1, 0.15) is 24.1 Å². The van der Waals surface area contributed by atoms with Crippen LogP contribution in [0.25, 0.3) is 22.6 Å². The molecule has 3 aromatic rings. The van der Waals surface area contributed by atoms with Gasteiger partial charge in [-0.2, -0.15) is 4.39 Å². The summed E-state index contributed by atoms with van der Waals surface area (Å²) in [5.41, 5.74) is 3.19. The van der Waals surface area contributed by atoms with Crippen molar-refractivity contribution in [1.82, 2.24) is 15.0 Å². The maximum Gasteiger partial charge on any atom is 0.341 e. The number of nitrogen functional groups attached to an aromatic ring is 1. The molecule has 0 aliphatic rings. The molecule has 0 saturated carbocycles. The molecule has 3 rings (SSSR count). The van der Waals surface area contributed by atoms with Crippen molar-refractivity contribution in [3.63, 3.8) is 0 Å². The molecule has 0 bridgehead atoms. The third-order valence-electron chi connectivity index (χ3n) is 3.73. The van der Waals surface area contributed by atoms with Gasteiger partial charge < -0.3 is 15.2 Å². The highest BCUT2D eigenvalue weighted by atomic mass is 19.1. The van der Waals surface area contributed by atoms with E-state index in [0.717, 1.165) is 37.6 Å². The zero-order chi connectivity index (χ0) is 25.4. The van der Waals surface area contributed by atoms with Gasteiger partial charge in [-0.1, -0.05) is 0 Å². The molecule has 0 amide bonds. The Morgan fingerprint density at radius 3 is 2.69 bits per heavy atom. The molecule has 0 aliphatic heterocycles. The molecule has 29 heavy (non-hydrogen) atoms. The Morgan fingerprint density at radius 2 is 2.03 bits per heavy atom. The van der Waals surface area contributed by atoms with Crippen LogP contribution in [0.2, 0.25) is 0 Å². The van der Waals surface area contributed by atoms with Crippen molar-refractivity contribution >= 4 is 11.7 Å². The summed E-state index contributed by atoms with van der Waals surface area (Å²) in [6.07, 6.45) is 0.927. The van der Waals surface area contributed by atoms with E-state index in [1.54, 1.807) is 0 Å². The number of ether oxygens (including phenoxy) is 2. The summed E-state index contributed by atoms with van der Waals surface area (Å²) < 4.78 is 88.7. The van der Waals surface area contributed by atoms with Gasteiger partial charge in [-0.25, -0.2) is 28.5 Å². The molecule has 7 nitrogen and oxygen atoms in total. The van der Waals surface area contributed by atoms with Gasteiger partial charge in [-0.3, -0.25) is 0 Å². The second kappa shape index (κ2) is 8.13.